The summed E-state index contributed by atoms with van der Waals surface area (Å²) in [4.78, 5) is 38.0. The van der Waals surface area contributed by atoms with Crippen molar-refractivity contribution >= 4 is 17.9 Å². The molecule has 0 saturated carbocycles. The molecule has 1 atom stereocenters. The monoisotopic (exact) mass is 875 g/mol. The Morgan fingerprint density at radius 1 is 0.306 bits per heavy atom. The van der Waals surface area contributed by atoms with E-state index < -0.39 is 6.10 Å². The molecular weight excluding hydrogens is 769 g/mol. The molecule has 0 radical (unpaired) electrons. The average molecular weight is 875 g/mol. The Hall–Kier alpha value is -1.85. The van der Waals surface area contributed by atoms with Crippen LogP contribution < -0.4 is 0 Å². The van der Waals surface area contributed by atoms with Crippen molar-refractivity contribution in [1.29, 1.82) is 0 Å². The molecule has 0 aliphatic carbocycles. The molecule has 0 aliphatic heterocycles. The summed E-state index contributed by atoms with van der Waals surface area (Å²) >= 11 is 0. The summed E-state index contributed by atoms with van der Waals surface area (Å²) in [5.74, 6) is -0.856. The Morgan fingerprint density at radius 3 is 0.855 bits per heavy atom. The van der Waals surface area contributed by atoms with Gasteiger partial charge in [-0.3, -0.25) is 14.4 Å². The fraction of sp³-hybridized carbons (Fsp3) is 0.911. The minimum Gasteiger partial charge on any atom is -0.462 e. The van der Waals surface area contributed by atoms with Gasteiger partial charge in [0.05, 0.1) is 0 Å². The van der Waals surface area contributed by atoms with Gasteiger partial charge in [-0.1, -0.05) is 264 Å². The maximum Gasteiger partial charge on any atom is 0.306 e. The molecule has 0 aromatic heterocycles. The van der Waals surface area contributed by atoms with Gasteiger partial charge in [0.25, 0.3) is 0 Å². The van der Waals surface area contributed by atoms with E-state index in [-0.39, 0.29) is 31.1 Å². The predicted molar refractivity (Wildman–Crippen MR) is 266 cm³/mol. The van der Waals surface area contributed by atoms with Crippen LogP contribution in [-0.4, -0.2) is 37.2 Å². The van der Waals surface area contributed by atoms with Crippen LogP contribution in [0, 0.1) is 0 Å². The number of carbonyl (C=O) groups excluding carboxylic acids is 3. The first kappa shape index (κ1) is 60.2. The first-order valence-electron chi connectivity index (χ1n) is 27.7. The zero-order chi connectivity index (χ0) is 45.1. The summed E-state index contributed by atoms with van der Waals surface area (Å²) in [6.45, 7) is 6.64. The normalized spacial score (nSPS) is 12.0. The standard InChI is InChI=1S/C56H106O6/c1-4-7-10-13-16-19-22-24-26-27-28-30-31-34-37-40-43-46-49-55(58)61-52-53(51-60-54(57)48-45-42-39-36-33-21-18-15-12-9-6-3)62-56(59)50-47-44-41-38-35-32-29-25-23-20-17-14-11-8-5-2/h15,18,53H,4-14,16-17,19-52H2,1-3H3/b18-15-/t53-/m1/s1. The zero-order valence-electron chi connectivity index (χ0n) is 41.9. The molecule has 0 rings (SSSR count). The lowest BCUT2D eigenvalue weighted by molar-refractivity contribution is -0.167. The van der Waals surface area contributed by atoms with Crippen molar-refractivity contribution in [2.45, 2.75) is 316 Å². The molecule has 0 aliphatic rings. The molecular formula is C56H106O6. The van der Waals surface area contributed by atoms with Crippen molar-refractivity contribution in [3.63, 3.8) is 0 Å². The number of rotatable bonds is 51. The van der Waals surface area contributed by atoms with Gasteiger partial charge < -0.3 is 14.2 Å². The van der Waals surface area contributed by atoms with Crippen LogP contribution in [0.4, 0.5) is 0 Å². The van der Waals surface area contributed by atoms with E-state index in [1.807, 2.05) is 0 Å². The van der Waals surface area contributed by atoms with E-state index in [1.165, 1.54) is 205 Å². The highest BCUT2D eigenvalue weighted by Gasteiger charge is 2.19. The number of hydrogen-bond donors (Lipinski definition) is 0. The van der Waals surface area contributed by atoms with Crippen molar-refractivity contribution in [2.75, 3.05) is 13.2 Å². The second kappa shape index (κ2) is 51.8. The summed E-state index contributed by atoms with van der Waals surface area (Å²) < 4.78 is 16.8. The Bertz CT molecular complexity index is 962. The van der Waals surface area contributed by atoms with Gasteiger partial charge >= 0.3 is 17.9 Å². The number of unbranched alkanes of at least 4 members (excludes halogenated alkanes) is 38. The molecule has 0 spiro atoms. The van der Waals surface area contributed by atoms with Crippen molar-refractivity contribution in [3.8, 4) is 0 Å². The maximum atomic E-state index is 12.8. The van der Waals surface area contributed by atoms with E-state index in [9.17, 15) is 14.4 Å². The van der Waals surface area contributed by atoms with Gasteiger partial charge in [-0.15, -0.1) is 0 Å². The van der Waals surface area contributed by atoms with Gasteiger partial charge in [0, 0.05) is 19.3 Å². The zero-order valence-corrected chi connectivity index (χ0v) is 41.9. The molecule has 0 amide bonds. The van der Waals surface area contributed by atoms with Crippen LogP contribution in [0.2, 0.25) is 0 Å². The summed E-state index contributed by atoms with van der Waals surface area (Å²) in [6, 6.07) is 0. The molecule has 62 heavy (non-hydrogen) atoms. The van der Waals surface area contributed by atoms with E-state index in [0.29, 0.717) is 19.3 Å². The predicted octanol–water partition coefficient (Wildman–Crippen LogP) is 18.2. The minimum absolute atomic E-state index is 0.0668. The van der Waals surface area contributed by atoms with E-state index >= 15 is 0 Å². The van der Waals surface area contributed by atoms with Crippen molar-refractivity contribution in [1.82, 2.24) is 0 Å². The SMILES string of the molecule is CCCC/C=C\CCCCCCCC(=O)OC[C@H](COC(=O)CCCCCCCCCCCCCCCCCCCC)OC(=O)CCCCCCCCCCCCCCCCC. The summed E-state index contributed by atoms with van der Waals surface area (Å²) in [5, 5.41) is 0. The molecule has 0 aromatic rings. The van der Waals surface area contributed by atoms with E-state index in [1.54, 1.807) is 0 Å². The van der Waals surface area contributed by atoms with Gasteiger partial charge in [0.15, 0.2) is 6.10 Å². The van der Waals surface area contributed by atoms with E-state index in [4.69, 9.17) is 14.2 Å². The van der Waals surface area contributed by atoms with Crippen LogP contribution >= 0.6 is 0 Å². The highest BCUT2D eigenvalue weighted by molar-refractivity contribution is 5.71. The summed E-state index contributed by atoms with van der Waals surface area (Å²) in [6.07, 6.45) is 57.7. The number of hydrogen-bond acceptors (Lipinski definition) is 6. The fourth-order valence-corrected chi connectivity index (χ4v) is 8.31. The second-order valence-electron chi connectivity index (χ2n) is 18.9. The molecule has 366 valence electrons. The number of allylic oxidation sites excluding steroid dienone is 2. The smallest absolute Gasteiger partial charge is 0.306 e. The Labute approximate surface area is 386 Å². The molecule has 0 aromatic carbocycles. The van der Waals surface area contributed by atoms with Crippen LogP contribution in [0.25, 0.3) is 0 Å². The quantitative estimate of drug-likeness (QED) is 0.0262. The summed E-state index contributed by atoms with van der Waals surface area (Å²) in [7, 11) is 0. The minimum atomic E-state index is -0.766. The molecule has 6 nitrogen and oxygen atoms in total. The second-order valence-corrected chi connectivity index (χ2v) is 18.9. The van der Waals surface area contributed by atoms with Crippen molar-refractivity contribution in [3.05, 3.63) is 12.2 Å². The average Bonchev–Trinajstić information content (AvgIpc) is 3.27. The van der Waals surface area contributed by atoms with E-state index in [0.717, 1.165) is 64.2 Å². The third-order valence-corrected chi connectivity index (χ3v) is 12.5. The first-order chi connectivity index (χ1) is 30.5. The van der Waals surface area contributed by atoms with Crippen molar-refractivity contribution in [2.24, 2.45) is 0 Å². The van der Waals surface area contributed by atoms with Gasteiger partial charge in [-0.2, -0.15) is 0 Å². The molecule has 0 fully saturated rings. The lowest BCUT2D eigenvalue weighted by Crippen LogP contribution is -2.30. The molecule has 6 heteroatoms. The highest BCUT2D eigenvalue weighted by atomic mass is 16.6. The molecule has 0 heterocycles. The van der Waals surface area contributed by atoms with Crippen LogP contribution in [0.15, 0.2) is 12.2 Å². The van der Waals surface area contributed by atoms with Gasteiger partial charge in [0.2, 0.25) is 0 Å². The Morgan fingerprint density at radius 2 is 0.548 bits per heavy atom. The fourth-order valence-electron chi connectivity index (χ4n) is 8.31. The van der Waals surface area contributed by atoms with Gasteiger partial charge in [-0.25, -0.2) is 0 Å². The molecule has 0 bridgehead atoms. The third-order valence-electron chi connectivity index (χ3n) is 12.5. The number of ether oxygens (including phenoxy) is 3. The third kappa shape index (κ3) is 49.2. The Kier molecular flexibility index (Phi) is 50.2. The lowest BCUT2D eigenvalue weighted by Gasteiger charge is -2.18. The van der Waals surface area contributed by atoms with Crippen LogP contribution in [0.1, 0.15) is 310 Å². The van der Waals surface area contributed by atoms with Gasteiger partial charge in [-0.05, 0) is 38.5 Å². The maximum absolute atomic E-state index is 12.8. The lowest BCUT2D eigenvalue weighted by atomic mass is 10.0. The number of esters is 3. The largest absolute Gasteiger partial charge is 0.462 e. The topological polar surface area (TPSA) is 78.9 Å². The van der Waals surface area contributed by atoms with Crippen LogP contribution in [-0.2, 0) is 28.6 Å². The summed E-state index contributed by atoms with van der Waals surface area (Å²) in [5.41, 5.74) is 0. The van der Waals surface area contributed by atoms with Crippen molar-refractivity contribution < 1.29 is 28.6 Å². The highest BCUT2D eigenvalue weighted by Crippen LogP contribution is 2.17. The first-order valence-corrected chi connectivity index (χ1v) is 27.7. The van der Waals surface area contributed by atoms with Crippen LogP contribution in [0.3, 0.4) is 0 Å². The molecule has 0 saturated heterocycles. The van der Waals surface area contributed by atoms with Gasteiger partial charge in [0.1, 0.15) is 13.2 Å². The Balaban J connectivity index is 4.27. The number of carbonyl (C=O) groups is 3. The van der Waals surface area contributed by atoms with E-state index in [2.05, 4.69) is 32.9 Å². The van der Waals surface area contributed by atoms with Crippen LogP contribution in [0.5, 0.6) is 0 Å². The molecule has 0 N–H and O–H groups in total. The molecule has 0 unspecified atom stereocenters.